The van der Waals surface area contributed by atoms with Crippen LogP contribution in [-0.2, 0) is 11.3 Å². The van der Waals surface area contributed by atoms with Gasteiger partial charge in [-0.15, -0.1) is 0 Å². The standard InChI is InChI=1S/C16H25N3O/c1-13-3-2-4-14(11-17)16(13)19-6-5-15(12-19)18-7-9-20-10-8-18/h2-4,15H,5-12,17H2,1H3. The normalized spacial score (nSPS) is 24.3. The van der Waals surface area contributed by atoms with E-state index in [2.05, 4.69) is 34.9 Å². The highest BCUT2D eigenvalue weighted by molar-refractivity contribution is 5.60. The van der Waals surface area contributed by atoms with Crippen LogP contribution < -0.4 is 10.6 Å². The summed E-state index contributed by atoms with van der Waals surface area (Å²) in [6.45, 7) is 9.00. The van der Waals surface area contributed by atoms with E-state index in [1.54, 1.807) is 0 Å². The summed E-state index contributed by atoms with van der Waals surface area (Å²) in [6, 6.07) is 7.13. The summed E-state index contributed by atoms with van der Waals surface area (Å²) in [5, 5.41) is 0. The molecule has 1 unspecified atom stereocenters. The Morgan fingerprint density at radius 2 is 2.05 bits per heavy atom. The third-order valence-electron chi connectivity index (χ3n) is 4.58. The monoisotopic (exact) mass is 275 g/mol. The van der Waals surface area contributed by atoms with Crippen molar-refractivity contribution in [1.29, 1.82) is 0 Å². The second kappa shape index (κ2) is 6.12. The first-order valence-corrected chi connectivity index (χ1v) is 7.65. The van der Waals surface area contributed by atoms with Crippen LogP contribution in [0.3, 0.4) is 0 Å². The average molecular weight is 275 g/mol. The third-order valence-corrected chi connectivity index (χ3v) is 4.58. The fourth-order valence-electron chi connectivity index (χ4n) is 3.52. The van der Waals surface area contributed by atoms with Crippen LogP contribution in [0.5, 0.6) is 0 Å². The summed E-state index contributed by atoms with van der Waals surface area (Å²) in [6.07, 6.45) is 1.25. The van der Waals surface area contributed by atoms with Crippen molar-refractivity contribution in [2.24, 2.45) is 5.73 Å². The number of nitrogens with two attached hydrogens (primary N) is 1. The van der Waals surface area contributed by atoms with E-state index in [9.17, 15) is 0 Å². The Kier molecular flexibility index (Phi) is 4.24. The van der Waals surface area contributed by atoms with Gasteiger partial charge in [-0.25, -0.2) is 0 Å². The summed E-state index contributed by atoms with van der Waals surface area (Å²) in [7, 11) is 0. The molecule has 2 aliphatic rings. The topological polar surface area (TPSA) is 41.7 Å². The number of rotatable bonds is 3. The Labute approximate surface area is 121 Å². The molecule has 110 valence electrons. The number of hydrogen-bond donors (Lipinski definition) is 1. The number of anilines is 1. The van der Waals surface area contributed by atoms with Gasteiger partial charge in [0.15, 0.2) is 0 Å². The molecule has 0 bridgehead atoms. The summed E-state index contributed by atoms with van der Waals surface area (Å²) < 4.78 is 5.45. The molecule has 4 nitrogen and oxygen atoms in total. The highest BCUT2D eigenvalue weighted by Crippen LogP contribution is 2.29. The van der Waals surface area contributed by atoms with E-state index in [0.717, 1.165) is 39.4 Å². The molecule has 0 amide bonds. The van der Waals surface area contributed by atoms with Gasteiger partial charge in [0.25, 0.3) is 0 Å². The predicted octanol–water partition coefficient (Wildman–Crippen LogP) is 1.36. The molecule has 2 aliphatic heterocycles. The maximum Gasteiger partial charge on any atom is 0.0594 e. The molecule has 2 saturated heterocycles. The largest absolute Gasteiger partial charge is 0.379 e. The van der Waals surface area contributed by atoms with Crippen LogP contribution in [0.25, 0.3) is 0 Å². The zero-order valence-corrected chi connectivity index (χ0v) is 12.3. The van der Waals surface area contributed by atoms with Gasteiger partial charge < -0.3 is 15.4 Å². The quantitative estimate of drug-likeness (QED) is 0.904. The maximum absolute atomic E-state index is 5.91. The van der Waals surface area contributed by atoms with Crippen molar-refractivity contribution in [3.05, 3.63) is 29.3 Å². The molecular weight excluding hydrogens is 250 g/mol. The van der Waals surface area contributed by atoms with Crippen LogP contribution >= 0.6 is 0 Å². The first kappa shape index (κ1) is 13.9. The van der Waals surface area contributed by atoms with Crippen LogP contribution in [-0.4, -0.2) is 50.3 Å². The number of morpholine rings is 1. The van der Waals surface area contributed by atoms with Crippen LogP contribution in [0.1, 0.15) is 17.5 Å². The molecule has 0 saturated carbocycles. The van der Waals surface area contributed by atoms with Crippen molar-refractivity contribution in [3.63, 3.8) is 0 Å². The Morgan fingerprint density at radius 1 is 1.25 bits per heavy atom. The molecule has 4 heteroatoms. The molecule has 2 fully saturated rings. The van der Waals surface area contributed by atoms with Crippen LogP contribution in [0.2, 0.25) is 0 Å². The maximum atomic E-state index is 5.91. The molecule has 0 aromatic heterocycles. The third kappa shape index (κ3) is 2.68. The van der Waals surface area contributed by atoms with Crippen molar-refractivity contribution in [2.45, 2.75) is 25.9 Å². The number of nitrogens with zero attached hydrogens (tertiary/aromatic N) is 2. The van der Waals surface area contributed by atoms with E-state index in [1.165, 1.54) is 23.2 Å². The average Bonchev–Trinajstić information content (AvgIpc) is 2.97. The molecular formula is C16H25N3O. The predicted molar refractivity (Wildman–Crippen MR) is 82.1 cm³/mol. The van der Waals surface area contributed by atoms with Crippen LogP contribution in [0.15, 0.2) is 18.2 Å². The van der Waals surface area contributed by atoms with Crippen molar-refractivity contribution < 1.29 is 4.74 Å². The van der Waals surface area contributed by atoms with E-state index < -0.39 is 0 Å². The van der Waals surface area contributed by atoms with Crippen molar-refractivity contribution in [3.8, 4) is 0 Å². The Balaban J connectivity index is 1.73. The van der Waals surface area contributed by atoms with E-state index in [1.807, 2.05) is 0 Å². The minimum absolute atomic E-state index is 0.621. The molecule has 2 heterocycles. The van der Waals surface area contributed by atoms with E-state index in [4.69, 9.17) is 10.5 Å². The Bertz CT molecular complexity index is 457. The zero-order chi connectivity index (χ0) is 13.9. The highest BCUT2D eigenvalue weighted by atomic mass is 16.5. The van der Waals surface area contributed by atoms with Gasteiger partial charge >= 0.3 is 0 Å². The van der Waals surface area contributed by atoms with Gasteiger partial charge in [-0.2, -0.15) is 0 Å². The molecule has 1 aromatic carbocycles. The van der Waals surface area contributed by atoms with Gasteiger partial charge in [0.05, 0.1) is 13.2 Å². The Morgan fingerprint density at radius 3 is 2.80 bits per heavy atom. The minimum Gasteiger partial charge on any atom is -0.379 e. The molecule has 1 atom stereocenters. The van der Waals surface area contributed by atoms with Crippen molar-refractivity contribution in [2.75, 3.05) is 44.3 Å². The smallest absolute Gasteiger partial charge is 0.0594 e. The van der Waals surface area contributed by atoms with E-state index >= 15 is 0 Å². The molecule has 0 aliphatic carbocycles. The summed E-state index contributed by atoms with van der Waals surface area (Å²) in [4.78, 5) is 5.11. The lowest BCUT2D eigenvalue weighted by molar-refractivity contribution is 0.0209. The van der Waals surface area contributed by atoms with E-state index in [0.29, 0.717) is 12.6 Å². The summed E-state index contributed by atoms with van der Waals surface area (Å²) >= 11 is 0. The summed E-state index contributed by atoms with van der Waals surface area (Å²) in [5.41, 5.74) is 9.89. The lowest BCUT2D eigenvalue weighted by Crippen LogP contribution is -2.44. The van der Waals surface area contributed by atoms with Gasteiger partial charge in [0.1, 0.15) is 0 Å². The van der Waals surface area contributed by atoms with Gasteiger partial charge in [0, 0.05) is 44.5 Å². The highest BCUT2D eigenvalue weighted by Gasteiger charge is 2.30. The number of aryl methyl sites for hydroxylation is 1. The van der Waals surface area contributed by atoms with Crippen molar-refractivity contribution in [1.82, 2.24) is 4.90 Å². The Hall–Kier alpha value is -1.10. The molecule has 2 N–H and O–H groups in total. The lowest BCUT2D eigenvalue weighted by atomic mass is 10.1. The molecule has 3 rings (SSSR count). The van der Waals surface area contributed by atoms with Gasteiger partial charge in [-0.05, 0) is 24.5 Å². The molecule has 0 radical (unpaired) electrons. The molecule has 1 aromatic rings. The summed E-state index contributed by atoms with van der Waals surface area (Å²) in [5.74, 6) is 0. The van der Waals surface area contributed by atoms with Crippen LogP contribution in [0.4, 0.5) is 5.69 Å². The fraction of sp³-hybridized carbons (Fsp3) is 0.625. The first-order valence-electron chi connectivity index (χ1n) is 7.65. The number of ether oxygens (including phenoxy) is 1. The number of para-hydroxylation sites is 1. The van der Waals surface area contributed by atoms with Gasteiger partial charge in [0.2, 0.25) is 0 Å². The zero-order valence-electron chi connectivity index (χ0n) is 12.3. The minimum atomic E-state index is 0.621. The number of benzene rings is 1. The van der Waals surface area contributed by atoms with Crippen molar-refractivity contribution >= 4 is 5.69 Å². The second-order valence-corrected chi connectivity index (χ2v) is 5.82. The molecule has 20 heavy (non-hydrogen) atoms. The first-order chi connectivity index (χ1) is 9.79. The van der Waals surface area contributed by atoms with Gasteiger partial charge in [-0.3, -0.25) is 4.90 Å². The number of hydrogen-bond acceptors (Lipinski definition) is 4. The van der Waals surface area contributed by atoms with Gasteiger partial charge in [-0.1, -0.05) is 18.2 Å². The van der Waals surface area contributed by atoms with Crippen LogP contribution in [0, 0.1) is 6.92 Å². The SMILES string of the molecule is Cc1cccc(CN)c1N1CCC(N2CCOCC2)C1. The lowest BCUT2D eigenvalue weighted by Gasteiger charge is -2.32. The fourth-order valence-corrected chi connectivity index (χ4v) is 3.52. The second-order valence-electron chi connectivity index (χ2n) is 5.82. The molecule has 0 spiro atoms. The van der Waals surface area contributed by atoms with E-state index in [-0.39, 0.29) is 0 Å².